The molecule has 0 spiro atoms. The summed E-state index contributed by atoms with van der Waals surface area (Å²) in [5.74, 6) is -1.88. The highest BCUT2D eigenvalue weighted by molar-refractivity contribution is 5.94. The third kappa shape index (κ3) is 2.93. The molecule has 3 rings (SSSR count). The number of carboxylic acids is 1. The second kappa shape index (κ2) is 5.68. The van der Waals surface area contributed by atoms with Gasteiger partial charge in [-0.3, -0.25) is 9.59 Å². The van der Waals surface area contributed by atoms with Crippen LogP contribution in [0.5, 0.6) is 0 Å². The average Bonchev–Trinajstić information content (AvgIpc) is 3.22. The van der Waals surface area contributed by atoms with Crippen LogP contribution in [0.3, 0.4) is 0 Å². The first kappa shape index (κ1) is 15.5. The van der Waals surface area contributed by atoms with Gasteiger partial charge in [-0.1, -0.05) is 30.3 Å². The van der Waals surface area contributed by atoms with Crippen LogP contribution in [0.4, 0.5) is 0 Å². The molecule has 23 heavy (non-hydrogen) atoms. The van der Waals surface area contributed by atoms with Gasteiger partial charge >= 0.3 is 5.97 Å². The van der Waals surface area contributed by atoms with E-state index in [-0.39, 0.29) is 24.3 Å². The highest BCUT2D eigenvalue weighted by atomic mass is 16.4. The second-order valence-electron chi connectivity index (χ2n) is 6.41. The zero-order valence-corrected chi connectivity index (χ0v) is 13.0. The number of carbonyl (C=O) groups excluding carboxylic acids is 2. The summed E-state index contributed by atoms with van der Waals surface area (Å²) in [6.45, 7) is 2.27. The number of likely N-dealkylation sites (tertiary alicyclic amines) is 1. The first-order chi connectivity index (χ1) is 10.9. The highest BCUT2D eigenvalue weighted by Gasteiger charge is 2.53. The minimum atomic E-state index is -1.10. The molecule has 6 nitrogen and oxygen atoms in total. The molecule has 6 heteroatoms. The highest BCUT2D eigenvalue weighted by Crippen LogP contribution is 2.36. The normalized spacial score (nSPS) is 23.4. The van der Waals surface area contributed by atoms with Crippen LogP contribution in [0.2, 0.25) is 0 Å². The molecule has 1 aromatic rings. The predicted octanol–water partition coefficient (Wildman–Crippen LogP) is 1.33. The number of rotatable bonds is 5. The number of amides is 2. The first-order valence-electron chi connectivity index (χ1n) is 7.83. The largest absolute Gasteiger partial charge is 0.480 e. The van der Waals surface area contributed by atoms with Gasteiger partial charge in [0.25, 0.3) is 0 Å². The predicted molar refractivity (Wildman–Crippen MR) is 82.4 cm³/mol. The van der Waals surface area contributed by atoms with Crippen LogP contribution < -0.4 is 5.32 Å². The number of nitrogens with one attached hydrogen (secondary N) is 1. The summed E-state index contributed by atoms with van der Waals surface area (Å²) in [7, 11) is 0. The Bertz CT molecular complexity index is 639. The van der Waals surface area contributed by atoms with E-state index in [1.807, 2.05) is 37.3 Å². The number of aliphatic carboxylic acids is 1. The fourth-order valence-corrected chi connectivity index (χ4v) is 3.05. The molecule has 2 aliphatic rings. The van der Waals surface area contributed by atoms with Crippen LogP contribution in [-0.4, -0.2) is 39.9 Å². The maximum Gasteiger partial charge on any atom is 0.329 e. The van der Waals surface area contributed by atoms with E-state index in [4.69, 9.17) is 5.11 Å². The van der Waals surface area contributed by atoms with Crippen molar-refractivity contribution in [3.8, 4) is 0 Å². The molecular weight excluding hydrogens is 296 g/mol. The molecule has 2 unspecified atom stereocenters. The first-order valence-corrected chi connectivity index (χ1v) is 7.83. The molecule has 0 aromatic heterocycles. The van der Waals surface area contributed by atoms with Crippen molar-refractivity contribution in [1.82, 2.24) is 10.2 Å². The average molecular weight is 316 g/mol. The lowest BCUT2D eigenvalue weighted by Crippen LogP contribution is -2.46. The SMILES string of the molecule is CC(c1ccccc1)N1CC(C(=O)NC2(C(=O)O)CC2)CC1=O. The van der Waals surface area contributed by atoms with Gasteiger partial charge in [0.05, 0.1) is 12.0 Å². The smallest absolute Gasteiger partial charge is 0.329 e. The van der Waals surface area contributed by atoms with Crippen LogP contribution >= 0.6 is 0 Å². The van der Waals surface area contributed by atoms with E-state index in [9.17, 15) is 14.4 Å². The molecule has 1 aromatic carbocycles. The van der Waals surface area contributed by atoms with Crippen molar-refractivity contribution >= 4 is 17.8 Å². The van der Waals surface area contributed by atoms with Crippen LogP contribution in [0.1, 0.15) is 37.8 Å². The molecule has 1 aliphatic carbocycles. The Morgan fingerprint density at radius 3 is 2.52 bits per heavy atom. The van der Waals surface area contributed by atoms with E-state index in [0.717, 1.165) is 5.56 Å². The Morgan fingerprint density at radius 1 is 1.30 bits per heavy atom. The third-order valence-corrected chi connectivity index (χ3v) is 4.80. The molecule has 1 saturated heterocycles. The van der Waals surface area contributed by atoms with E-state index < -0.39 is 17.4 Å². The third-order valence-electron chi connectivity index (χ3n) is 4.80. The number of hydrogen-bond acceptors (Lipinski definition) is 3. The van der Waals surface area contributed by atoms with E-state index in [1.165, 1.54) is 0 Å². The molecule has 1 saturated carbocycles. The summed E-state index contributed by atoms with van der Waals surface area (Å²) in [5, 5.41) is 11.8. The number of hydrogen-bond donors (Lipinski definition) is 2. The van der Waals surface area contributed by atoms with Gasteiger partial charge in [0.2, 0.25) is 11.8 Å². The Morgan fingerprint density at radius 2 is 1.96 bits per heavy atom. The fraction of sp³-hybridized carbons (Fsp3) is 0.471. The Kier molecular flexibility index (Phi) is 3.83. The molecule has 2 fully saturated rings. The van der Waals surface area contributed by atoms with Gasteiger partial charge in [-0.2, -0.15) is 0 Å². The molecule has 2 atom stereocenters. The lowest BCUT2D eigenvalue weighted by Gasteiger charge is -2.25. The van der Waals surface area contributed by atoms with Crippen molar-refractivity contribution in [2.24, 2.45) is 5.92 Å². The molecule has 0 radical (unpaired) electrons. The van der Waals surface area contributed by atoms with E-state index >= 15 is 0 Å². The standard InChI is InChI=1S/C17H20N2O4/c1-11(12-5-3-2-4-6-12)19-10-13(9-14(19)20)15(21)18-17(7-8-17)16(22)23/h2-6,11,13H,7-10H2,1H3,(H,18,21)(H,22,23). The number of carboxylic acid groups (broad SMARTS) is 1. The second-order valence-corrected chi connectivity index (χ2v) is 6.41. The Hall–Kier alpha value is -2.37. The van der Waals surface area contributed by atoms with Crippen molar-refractivity contribution in [2.45, 2.75) is 37.8 Å². The zero-order chi connectivity index (χ0) is 16.6. The quantitative estimate of drug-likeness (QED) is 0.858. The van der Waals surface area contributed by atoms with Crippen molar-refractivity contribution in [3.05, 3.63) is 35.9 Å². The fourth-order valence-electron chi connectivity index (χ4n) is 3.05. The van der Waals surface area contributed by atoms with Crippen molar-refractivity contribution < 1.29 is 19.5 Å². The van der Waals surface area contributed by atoms with E-state index in [0.29, 0.717) is 19.4 Å². The van der Waals surface area contributed by atoms with Crippen LogP contribution in [0, 0.1) is 5.92 Å². The molecule has 1 heterocycles. The van der Waals surface area contributed by atoms with Crippen molar-refractivity contribution in [1.29, 1.82) is 0 Å². The van der Waals surface area contributed by atoms with Gasteiger partial charge in [-0.15, -0.1) is 0 Å². The van der Waals surface area contributed by atoms with Gasteiger partial charge < -0.3 is 15.3 Å². The molecule has 2 N–H and O–H groups in total. The van der Waals surface area contributed by atoms with Crippen LogP contribution in [0.15, 0.2) is 30.3 Å². The van der Waals surface area contributed by atoms with Gasteiger partial charge in [0.15, 0.2) is 0 Å². The maximum atomic E-state index is 12.3. The topological polar surface area (TPSA) is 86.7 Å². The summed E-state index contributed by atoms with van der Waals surface area (Å²) >= 11 is 0. The lowest BCUT2D eigenvalue weighted by molar-refractivity contribution is -0.143. The van der Waals surface area contributed by atoms with Gasteiger partial charge in [0, 0.05) is 13.0 Å². The molecule has 122 valence electrons. The van der Waals surface area contributed by atoms with E-state index in [1.54, 1.807) is 4.90 Å². The summed E-state index contributed by atoms with van der Waals surface area (Å²) in [5.41, 5.74) is -0.0791. The molecule has 1 aliphatic heterocycles. The van der Waals surface area contributed by atoms with Gasteiger partial charge in [0.1, 0.15) is 5.54 Å². The minimum Gasteiger partial charge on any atom is -0.480 e. The summed E-state index contributed by atoms with van der Waals surface area (Å²) in [6.07, 6.45) is 1.05. The minimum absolute atomic E-state index is 0.0679. The number of carbonyl (C=O) groups is 3. The molecular formula is C17H20N2O4. The summed E-state index contributed by atoms with van der Waals surface area (Å²) in [4.78, 5) is 37.4. The summed E-state index contributed by atoms with van der Waals surface area (Å²) in [6, 6.07) is 9.56. The zero-order valence-electron chi connectivity index (χ0n) is 13.0. The molecule has 2 amide bonds. The van der Waals surface area contributed by atoms with Gasteiger partial charge in [-0.25, -0.2) is 4.79 Å². The van der Waals surface area contributed by atoms with Crippen LogP contribution in [-0.2, 0) is 14.4 Å². The monoisotopic (exact) mass is 316 g/mol. The van der Waals surface area contributed by atoms with Crippen molar-refractivity contribution in [3.63, 3.8) is 0 Å². The summed E-state index contributed by atoms with van der Waals surface area (Å²) < 4.78 is 0. The van der Waals surface area contributed by atoms with Gasteiger partial charge in [-0.05, 0) is 25.3 Å². The van der Waals surface area contributed by atoms with E-state index in [2.05, 4.69) is 5.32 Å². The Labute approximate surface area is 134 Å². The molecule has 0 bridgehead atoms. The maximum absolute atomic E-state index is 12.3. The van der Waals surface area contributed by atoms with Crippen molar-refractivity contribution in [2.75, 3.05) is 6.54 Å². The number of benzene rings is 1. The van der Waals surface area contributed by atoms with Crippen LogP contribution in [0.25, 0.3) is 0 Å². The lowest BCUT2D eigenvalue weighted by atomic mass is 10.1. The Balaban J connectivity index is 1.65. The number of nitrogens with zero attached hydrogens (tertiary/aromatic N) is 1.